The molecule has 0 spiro atoms. The first-order valence-electron chi connectivity index (χ1n) is 11.3. The summed E-state index contributed by atoms with van der Waals surface area (Å²) in [5.41, 5.74) is -0.799. The lowest BCUT2D eigenvalue weighted by Gasteiger charge is -2.42. The summed E-state index contributed by atoms with van der Waals surface area (Å²) in [6.07, 6.45) is 1.33. The van der Waals surface area contributed by atoms with Crippen LogP contribution in [0, 0.1) is 0 Å². The highest BCUT2D eigenvalue weighted by Gasteiger charge is 2.39. The molecule has 0 unspecified atom stereocenters. The monoisotopic (exact) mass is 442 g/mol. The molecule has 0 amide bonds. The van der Waals surface area contributed by atoms with Crippen molar-refractivity contribution in [3.8, 4) is 11.5 Å². The van der Waals surface area contributed by atoms with E-state index in [-0.39, 0.29) is 13.2 Å². The molecule has 0 aliphatic carbocycles. The van der Waals surface area contributed by atoms with Crippen molar-refractivity contribution < 1.29 is 24.4 Å². The molecule has 7 heteroatoms. The zero-order chi connectivity index (χ0) is 22.4. The Morgan fingerprint density at radius 2 is 1.69 bits per heavy atom. The minimum atomic E-state index is -1.12. The number of ether oxygens (including phenoxy) is 3. The fourth-order valence-electron chi connectivity index (χ4n) is 4.52. The zero-order valence-corrected chi connectivity index (χ0v) is 18.8. The van der Waals surface area contributed by atoms with E-state index in [1.54, 1.807) is 7.11 Å². The van der Waals surface area contributed by atoms with Crippen LogP contribution < -0.4 is 14.4 Å². The minimum absolute atomic E-state index is 0.148. The van der Waals surface area contributed by atoms with Crippen LogP contribution in [0.1, 0.15) is 12.8 Å². The molecule has 0 saturated carbocycles. The summed E-state index contributed by atoms with van der Waals surface area (Å²) in [6.45, 7) is 4.03. The number of aliphatic hydroxyl groups is 2. The van der Waals surface area contributed by atoms with Gasteiger partial charge in [0.15, 0.2) is 0 Å². The van der Waals surface area contributed by atoms with Gasteiger partial charge in [-0.3, -0.25) is 4.90 Å². The molecule has 2 aromatic carbocycles. The molecule has 1 atom stereocenters. The number of hydrogen-bond donors (Lipinski definition) is 2. The van der Waals surface area contributed by atoms with Gasteiger partial charge in [-0.15, -0.1) is 0 Å². The van der Waals surface area contributed by atoms with E-state index in [2.05, 4.69) is 15.9 Å². The summed E-state index contributed by atoms with van der Waals surface area (Å²) in [5, 5.41) is 22.5. The highest BCUT2D eigenvalue weighted by Crippen LogP contribution is 2.30. The van der Waals surface area contributed by atoms with E-state index in [0.717, 1.165) is 30.3 Å². The van der Waals surface area contributed by atoms with Crippen LogP contribution in [0.5, 0.6) is 11.5 Å². The van der Waals surface area contributed by atoms with E-state index < -0.39 is 11.2 Å². The van der Waals surface area contributed by atoms with E-state index in [4.69, 9.17) is 14.2 Å². The molecule has 7 nitrogen and oxygen atoms in total. The van der Waals surface area contributed by atoms with Gasteiger partial charge in [-0.1, -0.05) is 24.3 Å². The maximum absolute atomic E-state index is 11.3. The second-order valence-corrected chi connectivity index (χ2v) is 9.00. The summed E-state index contributed by atoms with van der Waals surface area (Å²) < 4.78 is 16.8. The third kappa shape index (κ3) is 5.92. The van der Waals surface area contributed by atoms with Crippen molar-refractivity contribution in [1.82, 2.24) is 4.90 Å². The normalized spacial score (nSPS) is 24.0. The molecule has 32 heavy (non-hydrogen) atoms. The number of methoxy groups -OCH3 is 1. The highest BCUT2D eigenvalue weighted by atomic mass is 16.5. The molecule has 2 aliphatic heterocycles. The Labute approximate surface area is 190 Å². The second-order valence-electron chi connectivity index (χ2n) is 9.00. The number of piperidine rings is 1. The standard InChI is InChI=1S/C25H34N2O5/c1-30-23-9-5-6-21(16-23)27-12-10-24(28,11-13-27)17-26-14-15-31-19-25(29,18-26)20-32-22-7-3-2-4-8-22/h2-9,16,28-29H,10-15,17-20H2,1H3/t25-/m0/s1. The molecule has 0 bridgehead atoms. The van der Waals surface area contributed by atoms with E-state index >= 15 is 0 Å². The molecule has 2 N–H and O–H groups in total. The Balaban J connectivity index is 1.33. The van der Waals surface area contributed by atoms with Crippen LogP contribution in [0.25, 0.3) is 0 Å². The van der Waals surface area contributed by atoms with E-state index in [1.165, 1.54) is 0 Å². The van der Waals surface area contributed by atoms with Gasteiger partial charge in [0.25, 0.3) is 0 Å². The van der Waals surface area contributed by atoms with Crippen LogP contribution in [0.2, 0.25) is 0 Å². The summed E-state index contributed by atoms with van der Waals surface area (Å²) in [7, 11) is 1.67. The van der Waals surface area contributed by atoms with Gasteiger partial charge < -0.3 is 29.3 Å². The predicted octanol–water partition coefficient (Wildman–Crippen LogP) is 2.17. The van der Waals surface area contributed by atoms with Gasteiger partial charge in [0.2, 0.25) is 0 Å². The molecule has 4 rings (SSSR count). The van der Waals surface area contributed by atoms with Crippen LogP contribution in [0.3, 0.4) is 0 Å². The number of hydrogen-bond acceptors (Lipinski definition) is 7. The molecule has 2 aromatic rings. The Hall–Kier alpha value is -2.32. The number of para-hydroxylation sites is 1. The van der Waals surface area contributed by atoms with Gasteiger partial charge in [0.05, 0.1) is 25.9 Å². The smallest absolute Gasteiger partial charge is 0.134 e. The van der Waals surface area contributed by atoms with Gasteiger partial charge in [-0.25, -0.2) is 0 Å². The Kier molecular flexibility index (Phi) is 7.20. The van der Waals surface area contributed by atoms with Gasteiger partial charge in [-0.2, -0.15) is 0 Å². The van der Waals surface area contributed by atoms with Gasteiger partial charge >= 0.3 is 0 Å². The lowest BCUT2D eigenvalue weighted by atomic mass is 9.90. The maximum Gasteiger partial charge on any atom is 0.134 e. The van der Waals surface area contributed by atoms with Gasteiger partial charge in [0.1, 0.15) is 23.7 Å². The van der Waals surface area contributed by atoms with Gasteiger partial charge in [-0.05, 0) is 37.1 Å². The Bertz CT molecular complexity index is 856. The van der Waals surface area contributed by atoms with E-state index in [9.17, 15) is 10.2 Å². The average molecular weight is 443 g/mol. The Morgan fingerprint density at radius 1 is 0.938 bits per heavy atom. The first-order valence-corrected chi connectivity index (χ1v) is 11.3. The lowest BCUT2D eigenvalue weighted by molar-refractivity contribution is -0.0742. The maximum atomic E-state index is 11.3. The van der Waals surface area contributed by atoms with Crippen molar-refractivity contribution in [2.75, 3.05) is 64.6 Å². The molecule has 0 aromatic heterocycles. The third-order valence-electron chi connectivity index (χ3n) is 6.32. The van der Waals surface area contributed by atoms with Crippen molar-refractivity contribution in [2.24, 2.45) is 0 Å². The molecule has 2 saturated heterocycles. The van der Waals surface area contributed by atoms with Crippen molar-refractivity contribution in [1.29, 1.82) is 0 Å². The topological polar surface area (TPSA) is 74.6 Å². The number of anilines is 1. The summed E-state index contributed by atoms with van der Waals surface area (Å²) >= 11 is 0. The summed E-state index contributed by atoms with van der Waals surface area (Å²) in [4.78, 5) is 4.40. The fourth-order valence-corrected chi connectivity index (χ4v) is 4.52. The van der Waals surface area contributed by atoms with Crippen molar-refractivity contribution >= 4 is 5.69 Å². The fraction of sp³-hybridized carbons (Fsp3) is 0.520. The molecule has 0 radical (unpaired) electrons. The number of β-amino-alcohol motifs (C(OH)–C–C–N with tert-alkyl or cyclic N) is 2. The molecule has 174 valence electrons. The highest BCUT2D eigenvalue weighted by molar-refractivity contribution is 5.51. The van der Waals surface area contributed by atoms with Crippen molar-refractivity contribution in [3.63, 3.8) is 0 Å². The second kappa shape index (κ2) is 10.1. The number of nitrogens with zero attached hydrogens (tertiary/aromatic N) is 2. The van der Waals surface area contributed by atoms with Crippen LogP contribution in [0.4, 0.5) is 5.69 Å². The Morgan fingerprint density at radius 3 is 2.44 bits per heavy atom. The first kappa shape index (κ1) is 22.9. The molecular formula is C25H34N2O5. The molecule has 2 heterocycles. The molecule has 2 aliphatic rings. The van der Waals surface area contributed by atoms with Crippen molar-refractivity contribution in [3.05, 3.63) is 54.6 Å². The summed E-state index contributed by atoms with van der Waals surface area (Å²) in [5.74, 6) is 1.56. The quantitative estimate of drug-likeness (QED) is 0.681. The van der Waals surface area contributed by atoms with E-state index in [1.807, 2.05) is 48.5 Å². The largest absolute Gasteiger partial charge is 0.497 e. The minimum Gasteiger partial charge on any atom is -0.497 e. The zero-order valence-electron chi connectivity index (χ0n) is 18.8. The average Bonchev–Trinajstić information content (AvgIpc) is 3.00. The van der Waals surface area contributed by atoms with Crippen LogP contribution in [0.15, 0.2) is 54.6 Å². The number of rotatable bonds is 7. The van der Waals surface area contributed by atoms with Crippen LogP contribution >= 0.6 is 0 Å². The van der Waals surface area contributed by atoms with Crippen LogP contribution in [-0.4, -0.2) is 86.0 Å². The van der Waals surface area contributed by atoms with Crippen molar-refractivity contribution in [2.45, 2.75) is 24.0 Å². The number of benzene rings is 2. The van der Waals surface area contributed by atoms with Crippen LogP contribution in [-0.2, 0) is 4.74 Å². The predicted molar refractivity (Wildman–Crippen MR) is 124 cm³/mol. The molecular weight excluding hydrogens is 408 g/mol. The summed E-state index contributed by atoms with van der Waals surface area (Å²) in [6, 6.07) is 17.5. The third-order valence-corrected chi connectivity index (χ3v) is 6.32. The van der Waals surface area contributed by atoms with E-state index in [0.29, 0.717) is 39.1 Å². The first-order chi connectivity index (χ1) is 15.5. The lowest BCUT2D eigenvalue weighted by Crippen LogP contribution is -2.55. The molecule has 2 fully saturated rings. The van der Waals surface area contributed by atoms with Gasteiger partial charge in [0, 0.05) is 44.5 Å². The SMILES string of the molecule is COc1cccc(N2CCC(O)(CN3CCOC[C@](O)(COc4ccccc4)C3)CC2)c1.